The Kier molecular flexibility index (Phi) is 3.44. The average molecular weight is 318 g/mol. The Hall–Kier alpha value is -2.34. The fraction of sp³-hybridized carbons (Fsp3) is 0.412. The number of rotatable bonds is 1. The first kappa shape index (κ1) is 15.6. The lowest BCUT2D eigenvalue weighted by Gasteiger charge is -2.33. The van der Waals surface area contributed by atoms with Crippen molar-refractivity contribution < 1.29 is 29.3 Å². The van der Waals surface area contributed by atoms with E-state index in [2.05, 4.69) is 0 Å². The van der Waals surface area contributed by atoms with E-state index in [9.17, 15) is 19.8 Å². The van der Waals surface area contributed by atoms with Crippen molar-refractivity contribution in [2.45, 2.75) is 39.4 Å². The molecule has 0 amide bonds. The van der Waals surface area contributed by atoms with Crippen LogP contribution in [0, 0.1) is 6.92 Å². The summed E-state index contributed by atoms with van der Waals surface area (Å²) in [6.45, 7) is 5.13. The molecule has 0 spiro atoms. The first-order chi connectivity index (χ1) is 10.8. The Bertz CT molecular complexity index is 774. The third kappa shape index (κ3) is 1.98. The lowest BCUT2D eigenvalue weighted by atomic mass is 9.76. The van der Waals surface area contributed by atoms with Gasteiger partial charge in [-0.3, -0.25) is 9.59 Å². The van der Waals surface area contributed by atoms with Gasteiger partial charge in [0.2, 0.25) is 5.75 Å². The van der Waals surface area contributed by atoms with Crippen LogP contribution in [0.2, 0.25) is 0 Å². The third-order valence-electron chi connectivity index (χ3n) is 4.48. The number of hydrogen-bond acceptors (Lipinski definition) is 6. The summed E-state index contributed by atoms with van der Waals surface area (Å²) in [5.41, 5.74) is 0.954. The maximum atomic E-state index is 12.9. The van der Waals surface area contributed by atoms with E-state index in [0.29, 0.717) is 17.6 Å². The topological polar surface area (TPSA) is 93.1 Å². The summed E-state index contributed by atoms with van der Waals surface area (Å²) in [6.07, 6.45) is -0.371. The molecule has 6 heteroatoms. The summed E-state index contributed by atoms with van der Waals surface area (Å²) in [5, 5.41) is 20.3. The van der Waals surface area contributed by atoms with Gasteiger partial charge in [-0.25, -0.2) is 0 Å². The van der Waals surface area contributed by atoms with Crippen molar-refractivity contribution in [1.29, 1.82) is 0 Å². The van der Waals surface area contributed by atoms with Gasteiger partial charge in [-0.05, 0) is 20.8 Å². The fourth-order valence-corrected chi connectivity index (χ4v) is 3.51. The van der Waals surface area contributed by atoms with E-state index in [1.807, 2.05) is 6.92 Å². The molecule has 0 aromatic heterocycles. The Morgan fingerprint density at radius 3 is 2.35 bits per heavy atom. The van der Waals surface area contributed by atoms with Crippen LogP contribution in [-0.2, 0) is 4.74 Å². The standard InChI is InChI=1S/C17H18O6/c1-6-5-9-11(8(3)23-6)14(19)12-10(13(9)18)7(2)17(22-4)16(21)15(12)20/h6,8,20-21H,5H2,1-4H3/t6-,8+/m0/s1. The summed E-state index contributed by atoms with van der Waals surface area (Å²) in [7, 11) is 1.33. The van der Waals surface area contributed by atoms with Gasteiger partial charge < -0.3 is 19.7 Å². The number of methoxy groups -OCH3 is 1. The molecule has 1 aliphatic heterocycles. The molecular formula is C17H18O6. The monoisotopic (exact) mass is 318 g/mol. The van der Waals surface area contributed by atoms with Gasteiger partial charge in [0.15, 0.2) is 23.1 Å². The molecule has 1 aliphatic carbocycles. The Balaban J connectivity index is 2.34. The molecule has 0 unspecified atom stereocenters. The van der Waals surface area contributed by atoms with Crippen molar-refractivity contribution >= 4 is 11.6 Å². The van der Waals surface area contributed by atoms with Gasteiger partial charge in [-0.15, -0.1) is 0 Å². The highest BCUT2D eigenvalue weighted by molar-refractivity contribution is 6.29. The number of Topliss-reactive ketones (excluding diaryl/α,β-unsaturated/α-hetero) is 2. The van der Waals surface area contributed by atoms with Gasteiger partial charge in [0.05, 0.1) is 24.9 Å². The largest absolute Gasteiger partial charge is 0.504 e. The Labute approximate surface area is 133 Å². The normalized spacial score (nSPS) is 23.7. The minimum absolute atomic E-state index is 0.000364. The van der Waals surface area contributed by atoms with E-state index < -0.39 is 23.4 Å². The van der Waals surface area contributed by atoms with Crippen LogP contribution in [0.15, 0.2) is 11.1 Å². The lowest BCUT2D eigenvalue weighted by molar-refractivity contribution is 0.0148. The maximum absolute atomic E-state index is 12.9. The summed E-state index contributed by atoms with van der Waals surface area (Å²) in [6, 6.07) is 0. The zero-order valence-electron chi connectivity index (χ0n) is 13.4. The van der Waals surface area contributed by atoms with Crippen LogP contribution >= 0.6 is 0 Å². The molecule has 2 N–H and O–H groups in total. The summed E-state index contributed by atoms with van der Waals surface area (Å²) in [4.78, 5) is 25.8. The predicted octanol–water partition coefficient (Wildman–Crippen LogP) is 2.29. The number of phenolic OH excluding ortho intramolecular Hbond substituents is 2. The molecule has 2 atom stereocenters. The number of aromatic hydroxyl groups is 2. The first-order valence-corrected chi connectivity index (χ1v) is 7.39. The smallest absolute Gasteiger partial charge is 0.201 e. The molecule has 1 aromatic carbocycles. The highest BCUT2D eigenvalue weighted by Crippen LogP contribution is 2.48. The molecule has 1 aromatic rings. The first-order valence-electron chi connectivity index (χ1n) is 7.39. The summed E-state index contributed by atoms with van der Waals surface area (Å²) >= 11 is 0. The maximum Gasteiger partial charge on any atom is 0.201 e. The predicted molar refractivity (Wildman–Crippen MR) is 81.4 cm³/mol. The molecule has 0 bridgehead atoms. The number of phenols is 2. The van der Waals surface area contributed by atoms with Crippen molar-refractivity contribution in [1.82, 2.24) is 0 Å². The number of hydrogen-bond donors (Lipinski definition) is 2. The van der Waals surface area contributed by atoms with Gasteiger partial charge in [0.25, 0.3) is 0 Å². The van der Waals surface area contributed by atoms with E-state index in [4.69, 9.17) is 9.47 Å². The fourth-order valence-electron chi connectivity index (χ4n) is 3.51. The second kappa shape index (κ2) is 5.09. The summed E-state index contributed by atoms with van der Waals surface area (Å²) < 4.78 is 10.7. The van der Waals surface area contributed by atoms with Gasteiger partial charge in [0, 0.05) is 28.7 Å². The van der Waals surface area contributed by atoms with E-state index in [1.54, 1.807) is 13.8 Å². The molecule has 0 saturated carbocycles. The molecule has 1 heterocycles. The summed E-state index contributed by atoms with van der Waals surface area (Å²) in [5.74, 6) is -1.96. The zero-order chi connectivity index (χ0) is 17.0. The molecule has 0 fully saturated rings. The Morgan fingerprint density at radius 2 is 1.74 bits per heavy atom. The second-order valence-corrected chi connectivity index (χ2v) is 5.95. The van der Waals surface area contributed by atoms with Gasteiger partial charge in [-0.2, -0.15) is 0 Å². The van der Waals surface area contributed by atoms with Crippen LogP contribution in [0.3, 0.4) is 0 Å². The molecule has 3 rings (SSSR count). The number of ketones is 2. The van der Waals surface area contributed by atoms with E-state index in [0.717, 1.165) is 0 Å². The molecule has 122 valence electrons. The van der Waals surface area contributed by atoms with E-state index >= 15 is 0 Å². The number of carbonyl (C=O) groups is 2. The highest BCUT2D eigenvalue weighted by Gasteiger charge is 2.42. The van der Waals surface area contributed by atoms with E-state index in [1.165, 1.54) is 7.11 Å². The van der Waals surface area contributed by atoms with Crippen molar-refractivity contribution in [3.05, 3.63) is 27.8 Å². The van der Waals surface area contributed by atoms with Crippen molar-refractivity contribution in [3.8, 4) is 17.2 Å². The van der Waals surface area contributed by atoms with Crippen LogP contribution in [0.5, 0.6) is 17.2 Å². The average Bonchev–Trinajstić information content (AvgIpc) is 2.48. The van der Waals surface area contributed by atoms with Crippen LogP contribution in [0.4, 0.5) is 0 Å². The molecule has 6 nitrogen and oxygen atoms in total. The van der Waals surface area contributed by atoms with Crippen molar-refractivity contribution in [3.63, 3.8) is 0 Å². The zero-order valence-corrected chi connectivity index (χ0v) is 13.4. The molecule has 0 radical (unpaired) electrons. The van der Waals surface area contributed by atoms with Gasteiger partial charge in [0.1, 0.15) is 0 Å². The van der Waals surface area contributed by atoms with Crippen LogP contribution in [0.1, 0.15) is 46.5 Å². The molecular weight excluding hydrogens is 300 g/mol. The number of benzene rings is 1. The number of fused-ring (bicyclic) bond motifs is 1. The minimum atomic E-state index is -0.627. The molecule has 0 saturated heterocycles. The highest BCUT2D eigenvalue weighted by atomic mass is 16.5. The van der Waals surface area contributed by atoms with Crippen LogP contribution in [-0.4, -0.2) is 41.1 Å². The molecule has 23 heavy (non-hydrogen) atoms. The number of ether oxygens (including phenoxy) is 2. The number of carbonyl (C=O) groups excluding carboxylic acids is 2. The van der Waals surface area contributed by atoms with Gasteiger partial charge in [-0.1, -0.05) is 0 Å². The van der Waals surface area contributed by atoms with Crippen LogP contribution < -0.4 is 4.74 Å². The molecule has 2 aliphatic rings. The van der Waals surface area contributed by atoms with Crippen LogP contribution in [0.25, 0.3) is 0 Å². The second-order valence-electron chi connectivity index (χ2n) is 5.95. The van der Waals surface area contributed by atoms with Crippen molar-refractivity contribution in [2.75, 3.05) is 7.11 Å². The SMILES string of the molecule is COc1c(C)c2c(c(O)c1O)C(=O)C1=C(C[C@H](C)O[C@@H]1C)C2=O. The van der Waals surface area contributed by atoms with Gasteiger partial charge >= 0.3 is 0 Å². The quantitative estimate of drug-likeness (QED) is 0.772. The van der Waals surface area contributed by atoms with E-state index in [-0.39, 0.29) is 34.3 Å². The van der Waals surface area contributed by atoms with Crippen molar-refractivity contribution in [2.24, 2.45) is 0 Å². The lowest BCUT2D eigenvalue weighted by Crippen LogP contribution is -2.36. The third-order valence-corrected chi connectivity index (χ3v) is 4.48. The minimum Gasteiger partial charge on any atom is -0.504 e. The Morgan fingerprint density at radius 1 is 1.09 bits per heavy atom.